The Morgan fingerprint density at radius 2 is 1.95 bits per heavy atom. The molecule has 108 valence electrons. The summed E-state index contributed by atoms with van der Waals surface area (Å²) in [5.74, 6) is 0. The van der Waals surface area contributed by atoms with Crippen LogP contribution in [0.1, 0.15) is 0 Å². The Bertz CT molecular complexity index is 534. The van der Waals surface area contributed by atoms with E-state index in [9.17, 15) is 18.6 Å². The fraction of sp³-hybridized carbons (Fsp3) is 0.455. The topological polar surface area (TPSA) is 86.6 Å². The molecule has 1 aliphatic rings. The fourth-order valence-corrected chi connectivity index (χ4v) is 4.11. The van der Waals surface area contributed by atoms with Crippen LogP contribution in [0.25, 0.3) is 0 Å². The lowest BCUT2D eigenvalue weighted by Gasteiger charge is -2.26. The van der Waals surface area contributed by atoms with E-state index in [1.54, 1.807) is 0 Å². The standard InChI is InChI=1S/C11H14ClNO4S.ClH/c12-8-1-3-9(4-2-8)18(16,17)10-5-13-6-11(10,15)7-14;/h1-4,10,13-15H,5-7H2;1H/t10-,11-;/m0./s1. The van der Waals surface area contributed by atoms with E-state index < -0.39 is 27.3 Å². The number of benzene rings is 1. The van der Waals surface area contributed by atoms with Gasteiger partial charge in [0.25, 0.3) is 0 Å². The lowest BCUT2D eigenvalue weighted by molar-refractivity contribution is 0.00578. The highest BCUT2D eigenvalue weighted by atomic mass is 35.5. The van der Waals surface area contributed by atoms with E-state index in [2.05, 4.69) is 5.32 Å². The van der Waals surface area contributed by atoms with Crippen molar-refractivity contribution in [1.29, 1.82) is 0 Å². The van der Waals surface area contributed by atoms with E-state index in [1.807, 2.05) is 0 Å². The zero-order valence-electron chi connectivity index (χ0n) is 9.91. The molecular weight excluding hydrogens is 313 g/mol. The summed E-state index contributed by atoms with van der Waals surface area (Å²) < 4.78 is 24.7. The Kier molecular flexibility index (Phi) is 5.22. The molecule has 2 rings (SSSR count). The van der Waals surface area contributed by atoms with Gasteiger partial charge in [0.1, 0.15) is 10.9 Å². The minimum Gasteiger partial charge on any atom is -0.393 e. The summed E-state index contributed by atoms with van der Waals surface area (Å²) in [5, 5.41) is 21.4. The van der Waals surface area contributed by atoms with Crippen molar-refractivity contribution in [3.05, 3.63) is 29.3 Å². The highest BCUT2D eigenvalue weighted by Gasteiger charge is 2.48. The first-order valence-electron chi connectivity index (χ1n) is 5.43. The number of aliphatic hydroxyl groups is 2. The van der Waals surface area contributed by atoms with Gasteiger partial charge >= 0.3 is 0 Å². The number of rotatable bonds is 3. The second-order valence-corrected chi connectivity index (χ2v) is 6.95. The molecule has 0 aromatic heterocycles. The predicted molar refractivity (Wildman–Crippen MR) is 74.6 cm³/mol. The van der Waals surface area contributed by atoms with Gasteiger partial charge in [0.05, 0.1) is 11.5 Å². The second kappa shape index (κ2) is 5.95. The van der Waals surface area contributed by atoms with Gasteiger partial charge in [-0.15, -0.1) is 12.4 Å². The zero-order valence-corrected chi connectivity index (χ0v) is 12.3. The molecule has 1 heterocycles. The van der Waals surface area contributed by atoms with E-state index in [4.69, 9.17) is 11.6 Å². The molecule has 0 amide bonds. The lowest BCUT2D eigenvalue weighted by Crippen LogP contribution is -2.49. The number of aliphatic hydroxyl groups excluding tert-OH is 1. The van der Waals surface area contributed by atoms with Crippen LogP contribution in [-0.4, -0.2) is 49.2 Å². The minimum atomic E-state index is -3.71. The van der Waals surface area contributed by atoms with E-state index in [-0.39, 0.29) is 30.4 Å². The maximum absolute atomic E-state index is 12.4. The molecule has 2 atom stereocenters. The highest BCUT2D eigenvalue weighted by Crippen LogP contribution is 2.28. The fourth-order valence-electron chi connectivity index (χ4n) is 2.07. The van der Waals surface area contributed by atoms with Crippen LogP contribution < -0.4 is 5.32 Å². The lowest BCUT2D eigenvalue weighted by atomic mass is 10.1. The second-order valence-electron chi connectivity index (χ2n) is 4.38. The van der Waals surface area contributed by atoms with Crippen molar-refractivity contribution in [2.45, 2.75) is 15.7 Å². The van der Waals surface area contributed by atoms with Gasteiger partial charge in [-0.05, 0) is 24.3 Å². The van der Waals surface area contributed by atoms with Crippen LogP contribution in [0.5, 0.6) is 0 Å². The van der Waals surface area contributed by atoms with E-state index in [0.717, 1.165) is 0 Å². The summed E-state index contributed by atoms with van der Waals surface area (Å²) in [4.78, 5) is 0.0903. The summed E-state index contributed by atoms with van der Waals surface area (Å²) in [7, 11) is -3.71. The molecule has 0 aliphatic carbocycles. The van der Waals surface area contributed by atoms with Crippen LogP contribution in [0.15, 0.2) is 29.2 Å². The number of sulfone groups is 1. The monoisotopic (exact) mass is 327 g/mol. The highest BCUT2D eigenvalue weighted by molar-refractivity contribution is 7.92. The quantitative estimate of drug-likeness (QED) is 0.740. The largest absolute Gasteiger partial charge is 0.393 e. The van der Waals surface area contributed by atoms with Gasteiger partial charge < -0.3 is 15.5 Å². The molecule has 0 radical (unpaired) electrons. The van der Waals surface area contributed by atoms with Crippen LogP contribution in [0.4, 0.5) is 0 Å². The number of hydrogen-bond donors (Lipinski definition) is 3. The van der Waals surface area contributed by atoms with Gasteiger partial charge in [0.2, 0.25) is 0 Å². The van der Waals surface area contributed by atoms with Gasteiger partial charge in [-0.25, -0.2) is 8.42 Å². The zero-order chi connectivity index (χ0) is 13.4. The van der Waals surface area contributed by atoms with E-state index >= 15 is 0 Å². The molecule has 0 spiro atoms. The summed E-state index contributed by atoms with van der Waals surface area (Å²) >= 11 is 5.71. The summed E-state index contributed by atoms with van der Waals surface area (Å²) in [6.07, 6.45) is 0. The Balaban J connectivity index is 0.00000180. The van der Waals surface area contributed by atoms with Gasteiger partial charge in [0.15, 0.2) is 9.84 Å². The number of halogens is 2. The van der Waals surface area contributed by atoms with Gasteiger partial charge in [0, 0.05) is 18.1 Å². The molecule has 0 saturated carbocycles. The molecule has 1 aromatic rings. The van der Waals surface area contributed by atoms with Crippen LogP contribution in [-0.2, 0) is 9.84 Å². The van der Waals surface area contributed by atoms with Gasteiger partial charge in [-0.1, -0.05) is 11.6 Å². The van der Waals surface area contributed by atoms with Crippen LogP contribution >= 0.6 is 24.0 Å². The molecule has 1 aromatic carbocycles. The van der Waals surface area contributed by atoms with Gasteiger partial charge in [-0.2, -0.15) is 0 Å². The predicted octanol–water partition coefficient (Wildman–Crippen LogP) is 0.231. The molecular formula is C11H15Cl2NO4S. The maximum Gasteiger partial charge on any atom is 0.185 e. The average Bonchev–Trinajstić information content (AvgIpc) is 2.73. The molecule has 19 heavy (non-hydrogen) atoms. The van der Waals surface area contributed by atoms with Crippen LogP contribution in [0.2, 0.25) is 5.02 Å². The van der Waals surface area contributed by atoms with E-state index in [1.165, 1.54) is 24.3 Å². The normalized spacial score (nSPS) is 27.0. The molecule has 0 unspecified atom stereocenters. The molecule has 5 nitrogen and oxygen atoms in total. The number of hydrogen-bond acceptors (Lipinski definition) is 5. The summed E-state index contributed by atoms with van der Waals surface area (Å²) in [6.45, 7) is -0.430. The van der Waals surface area contributed by atoms with Gasteiger partial charge in [-0.3, -0.25) is 0 Å². The first-order valence-corrected chi connectivity index (χ1v) is 7.36. The third-order valence-electron chi connectivity index (χ3n) is 3.15. The smallest absolute Gasteiger partial charge is 0.185 e. The molecule has 3 N–H and O–H groups in total. The average molecular weight is 328 g/mol. The summed E-state index contributed by atoms with van der Waals surface area (Å²) in [6, 6.07) is 5.76. The minimum absolute atomic E-state index is 0. The molecule has 1 aliphatic heterocycles. The summed E-state index contributed by atoms with van der Waals surface area (Å²) in [5.41, 5.74) is -1.64. The van der Waals surface area contributed by atoms with Crippen molar-refractivity contribution in [3.63, 3.8) is 0 Å². The Labute approximate surface area is 122 Å². The Morgan fingerprint density at radius 1 is 1.37 bits per heavy atom. The van der Waals surface area contributed by atoms with E-state index in [0.29, 0.717) is 5.02 Å². The SMILES string of the molecule is Cl.O=S(=O)(c1ccc(Cl)cc1)[C@H]1CNC[C@]1(O)CO. The van der Waals surface area contributed by atoms with Crippen molar-refractivity contribution in [1.82, 2.24) is 5.32 Å². The van der Waals surface area contributed by atoms with Crippen LogP contribution in [0, 0.1) is 0 Å². The third-order valence-corrected chi connectivity index (χ3v) is 5.69. The van der Waals surface area contributed by atoms with Crippen molar-refractivity contribution >= 4 is 33.8 Å². The number of β-amino-alcohol motifs (C(OH)–C–C–N with tert-alkyl or cyclic N) is 1. The Hall–Kier alpha value is -0.370. The number of nitrogens with one attached hydrogen (secondary N) is 1. The molecule has 1 fully saturated rings. The molecule has 8 heteroatoms. The first-order chi connectivity index (χ1) is 8.40. The molecule has 0 bridgehead atoms. The first kappa shape index (κ1) is 16.7. The Morgan fingerprint density at radius 3 is 2.47 bits per heavy atom. The van der Waals surface area contributed by atoms with Crippen LogP contribution in [0.3, 0.4) is 0 Å². The van der Waals surface area contributed by atoms with Crippen molar-refractivity contribution < 1.29 is 18.6 Å². The third kappa shape index (κ3) is 3.04. The van der Waals surface area contributed by atoms with Crippen molar-refractivity contribution in [2.24, 2.45) is 0 Å². The van der Waals surface area contributed by atoms with Crippen molar-refractivity contribution in [2.75, 3.05) is 19.7 Å². The molecule has 1 saturated heterocycles. The van der Waals surface area contributed by atoms with Crippen molar-refractivity contribution in [3.8, 4) is 0 Å². The maximum atomic E-state index is 12.4.